The van der Waals surface area contributed by atoms with Gasteiger partial charge in [-0.25, -0.2) is 4.79 Å². The molecular weight excluding hydrogens is 514 g/mol. The van der Waals surface area contributed by atoms with Crippen molar-refractivity contribution >= 4 is 34.6 Å². The number of carbonyl (C=O) groups excluding carboxylic acids is 3. The molecule has 1 aliphatic rings. The molecular formula is C28H43N7O5. The molecule has 220 valence electrons. The van der Waals surface area contributed by atoms with Crippen LogP contribution in [0.4, 0.5) is 0 Å². The number of unbranched alkanes of at least 4 members (excludes halogenated alkanes) is 2. The summed E-state index contributed by atoms with van der Waals surface area (Å²) in [6.07, 6.45) is 6.36. The molecule has 1 fully saturated rings. The Morgan fingerprint density at radius 1 is 1.00 bits per heavy atom. The minimum atomic E-state index is -1.15. The van der Waals surface area contributed by atoms with Crippen molar-refractivity contribution in [3.05, 3.63) is 36.0 Å². The molecule has 1 aliphatic heterocycles. The summed E-state index contributed by atoms with van der Waals surface area (Å²) in [5.41, 5.74) is 18.9. The summed E-state index contributed by atoms with van der Waals surface area (Å²) in [6.45, 7) is 1.35. The fraction of sp³-hybridized carbons (Fsp3) is 0.571. The number of nitrogens with two attached hydrogens (primary N) is 3. The smallest absolute Gasteiger partial charge is 0.326 e. The van der Waals surface area contributed by atoms with Crippen molar-refractivity contribution < 1.29 is 24.3 Å². The molecule has 4 atom stereocenters. The van der Waals surface area contributed by atoms with Gasteiger partial charge < -0.3 is 42.8 Å². The lowest BCUT2D eigenvalue weighted by Gasteiger charge is -2.28. The van der Waals surface area contributed by atoms with Gasteiger partial charge in [0.25, 0.3) is 0 Å². The standard InChI is InChI=1S/C28H43N7O5/c29-13-5-3-9-20(31)27(38)35-15-7-12-24(35)26(37)34-23(16-18-17-32-21-10-2-1-8-19(18)21)25(36)33-22(28(39)40)11-4-6-14-30/h1-2,8,10,17,20,22-24,32H,3-7,9,11-16,29-31H2,(H,33,36)(H,34,37)(H,39,40). The Labute approximate surface area is 234 Å². The van der Waals surface area contributed by atoms with E-state index in [0.717, 1.165) is 29.3 Å². The number of carboxylic acid groups (broad SMARTS) is 1. The van der Waals surface area contributed by atoms with Crippen LogP contribution in [0.5, 0.6) is 0 Å². The molecule has 3 amide bonds. The van der Waals surface area contributed by atoms with Gasteiger partial charge in [-0.15, -0.1) is 0 Å². The monoisotopic (exact) mass is 557 g/mol. The van der Waals surface area contributed by atoms with E-state index >= 15 is 0 Å². The van der Waals surface area contributed by atoms with Crippen molar-refractivity contribution in [3.8, 4) is 0 Å². The van der Waals surface area contributed by atoms with Crippen molar-refractivity contribution in [2.45, 2.75) is 82.0 Å². The van der Waals surface area contributed by atoms with Gasteiger partial charge in [0.05, 0.1) is 6.04 Å². The maximum absolute atomic E-state index is 13.5. The Kier molecular flexibility index (Phi) is 11.9. The number of rotatable bonds is 16. The molecule has 0 radical (unpaired) electrons. The van der Waals surface area contributed by atoms with Crippen LogP contribution < -0.4 is 27.8 Å². The Bertz CT molecular complexity index is 1150. The molecule has 1 aromatic carbocycles. The molecule has 40 heavy (non-hydrogen) atoms. The number of aromatic nitrogens is 1. The highest BCUT2D eigenvalue weighted by Crippen LogP contribution is 2.22. The topological polar surface area (TPSA) is 210 Å². The van der Waals surface area contributed by atoms with E-state index in [1.807, 2.05) is 24.3 Å². The normalized spacial score (nSPS) is 17.4. The largest absolute Gasteiger partial charge is 0.480 e. The molecule has 0 spiro atoms. The SMILES string of the molecule is NCCCCC(N)C(=O)N1CCCC1C(=O)NC(Cc1c[nH]c2ccccc12)C(=O)NC(CCCCN)C(=O)O. The van der Waals surface area contributed by atoms with Crippen LogP contribution in [0, 0.1) is 0 Å². The maximum atomic E-state index is 13.5. The summed E-state index contributed by atoms with van der Waals surface area (Å²) in [6, 6.07) is 3.93. The molecule has 0 saturated carbocycles. The quantitative estimate of drug-likeness (QED) is 0.143. The van der Waals surface area contributed by atoms with Crippen LogP contribution in [0.3, 0.4) is 0 Å². The molecule has 0 bridgehead atoms. The molecule has 3 rings (SSSR count). The van der Waals surface area contributed by atoms with Crippen molar-refractivity contribution in [3.63, 3.8) is 0 Å². The van der Waals surface area contributed by atoms with Crippen LogP contribution in [-0.2, 0) is 25.6 Å². The second kappa shape index (κ2) is 15.3. The summed E-state index contributed by atoms with van der Waals surface area (Å²) >= 11 is 0. The highest BCUT2D eigenvalue weighted by molar-refractivity contribution is 5.95. The van der Waals surface area contributed by atoms with E-state index in [0.29, 0.717) is 51.7 Å². The van der Waals surface area contributed by atoms with Gasteiger partial charge in [0.2, 0.25) is 17.7 Å². The first kappa shape index (κ1) is 31.1. The van der Waals surface area contributed by atoms with Crippen molar-refractivity contribution in [2.24, 2.45) is 17.2 Å². The fourth-order valence-electron chi connectivity index (χ4n) is 5.17. The second-order valence-corrected chi connectivity index (χ2v) is 10.4. The van der Waals surface area contributed by atoms with Gasteiger partial charge in [0.15, 0.2) is 0 Å². The molecule has 12 heteroatoms. The zero-order valence-corrected chi connectivity index (χ0v) is 22.9. The molecule has 1 saturated heterocycles. The zero-order chi connectivity index (χ0) is 29.1. The zero-order valence-electron chi connectivity index (χ0n) is 22.9. The lowest BCUT2D eigenvalue weighted by molar-refractivity contribution is -0.143. The van der Waals surface area contributed by atoms with E-state index in [1.165, 1.54) is 4.90 Å². The predicted molar refractivity (Wildman–Crippen MR) is 152 cm³/mol. The summed E-state index contributed by atoms with van der Waals surface area (Å²) in [5.74, 6) is -2.51. The number of likely N-dealkylation sites (tertiary alicyclic amines) is 1. The Balaban J connectivity index is 1.77. The minimum absolute atomic E-state index is 0.135. The highest BCUT2D eigenvalue weighted by Gasteiger charge is 2.38. The lowest BCUT2D eigenvalue weighted by atomic mass is 10.0. The van der Waals surface area contributed by atoms with Crippen LogP contribution in [-0.4, -0.2) is 82.5 Å². The predicted octanol–water partition coefficient (Wildman–Crippen LogP) is 0.341. The van der Waals surface area contributed by atoms with Crippen LogP contribution in [0.25, 0.3) is 10.9 Å². The Morgan fingerprint density at radius 2 is 1.70 bits per heavy atom. The summed E-state index contributed by atoms with van der Waals surface area (Å²) in [4.78, 5) is 56.5. The number of hydrogen-bond acceptors (Lipinski definition) is 7. The average Bonchev–Trinajstić information content (AvgIpc) is 3.59. The van der Waals surface area contributed by atoms with E-state index in [1.54, 1.807) is 6.20 Å². The fourth-order valence-corrected chi connectivity index (χ4v) is 5.17. The van der Waals surface area contributed by atoms with Gasteiger partial charge in [0, 0.05) is 30.1 Å². The number of nitrogens with one attached hydrogen (secondary N) is 3. The van der Waals surface area contributed by atoms with Gasteiger partial charge in [-0.05, 0) is 69.7 Å². The number of carboxylic acids is 1. The molecule has 2 heterocycles. The van der Waals surface area contributed by atoms with Gasteiger partial charge in [-0.1, -0.05) is 24.6 Å². The number of carbonyl (C=O) groups is 4. The first-order chi connectivity index (χ1) is 19.3. The Hall–Kier alpha value is -3.48. The number of fused-ring (bicyclic) bond motifs is 1. The number of amides is 3. The maximum Gasteiger partial charge on any atom is 0.326 e. The van der Waals surface area contributed by atoms with Crippen LogP contribution in [0.15, 0.2) is 30.5 Å². The van der Waals surface area contributed by atoms with E-state index in [9.17, 15) is 24.3 Å². The van der Waals surface area contributed by atoms with Gasteiger partial charge >= 0.3 is 5.97 Å². The van der Waals surface area contributed by atoms with E-state index in [-0.39, 0.29) is 18.7 Å². The van der Waals surface area contributed by atoms with Crippen LogP contribution in [0.1, 0.15) is 56.9 Å². The third-order valence-electron chi connectivity index (χ3n) is 7.42. The van der Waals surface area contributed by atoms with Crippen molar-refractivity contribution in [1.29, 1.82) is 0 Å². The lowest BCUT2D eigenvalue weighted by Crippen LogP contribution is -2.57. The molecule has 2 aromatic rings. The minimum Gasteiger partial charge on any atom is -0.480 e. The number of hydrogen-bond donors (Lipinski definition) is 7. The molecule has 0 aliphatic carbocycles. The summed E-state index contributed by atoms with van der Waals surface area (Å²) in [7, 11) is 0. The molecule has 1 aromatic heterocycles. The average molecular weight is 558 g/mol. The third kappa shape index (κ3) is 8.26. The first-order valence-electron chi connectivity index (χ1n) is 14.1. The van der Waals surface area contributed by atoms with Gasteiger partial charge in [-0.3, -0.25) is 14.4 Å². The number of aliphatic carboxylic acids is 1. The number of aromatic amines is 1. The molecule has 4 unspecified atom stereocenters. The van der Waals surface area contributed by atoms with Crippen LogP contribution in [0.2, 0.25) is 0 Å². The van der Waals surface area contributed by atoms with E-state index < -0.39 is 42.0 Å². The first-order valence-corrected chi connectivity index (χ1v) is 14.1. The van der Waals surface area contributed by atoms with Crippen molar-refractivity contribution in [2.75, 3.05) is 19.6 Å². The highest BCUT2D eigenvalue weighted by atomic mass is 16.4. The number of nitrogens with zero attached hydrogens (tertiary/aromatic N) is 1. The van der Waals surface area contributed by atoms with Gasteiger partial charge in [-0.2, -0.15) is 0 Å². The number of benzene rings is 1. The van der Waals surface area contributed by atoms with E-state index in [4.69, 9.17) is 17.2 Å². The van der Waals surface area contributed by atoms with Crippen molar-refractivity contribution in [1.82, 2.24) is 20.5 Å². The summed E-state index contributed by atoms with van der Waals surface area (Å²) < 4.78 is 0. The number of para-hydroxylation sites is 1. The van der Waals surface area contributed by atoms with Gasteiger partial charge in [0.1, 0.15) is 18.1 Å². The second-order valence-electron chi connectivity index (χ2n) is 10.4. The van der Waals surface area contributed by atoms with Crippen LogP contribution >= 0.6 is 0 Å². The molecule has 10 N–H and O–H groups in total. The molecule has 12 nitrogen and oxygen atoms in total. The summed E-state index contributed by atoms with van der Waals surface area (Å²) in [5, 5.41) is 16.0. The van der Waals surface area contributed by atoms with E-state index in [2.05, 4.69) is 15.6 Å². The number of H-pyrrole nitrogens is 1. The third-order valence-corrected chi connectivity index (χ3v) is 7.42. The Morgan fingerprint density at radius 3 is 2.40 bits per heavy atom.